The predicted octanol–water partition coefficient (Wildman–Crippen LogP) is 0.499. The number of hydrogen-bond donors (Lipinski definition) is 1. The summed E-state index contributed by atoms with van der Waals surface area (Å²) in [4.78, 5) is 13.9. The molecule has 1 aliphatic carbocycles. The van der Waals surface area contributed by atoms with Gasteiger partial charge in [0.2, 0.25) is 0 Å². The molecule has 0 atom stereocenters. The minimum Gasteiger partial charge on any atom is -0.300 e. The van der Waals surface area contributed by atoms with Crippen molar-refractivity contribution in [3.8, 4) is 0 Å². The van der Waals surface area contributed by atoms with Crippen LogP contribution in [0.3, 0.4) is 0 Å². The fourth-order valence-corrected chi connectivity index (χ4v) is 2.23. The molecule has 14 heavy (non-hydrogen) atoms. The molecule has 1 aromatic rings. The van der Waals surface area contributed by atoms with Crippen LogP contribution >= 0.6 is 0 Å². The number of rotatable bonds is 1. The summed E-state index contributed by atoms with van der Waals surface area (Å²) in [6.07, 6.45) is 3.35. The summed E-state index contributed by atoms with van der Waals surface area (Å²) in [5.41, 5.74) is 2.39. The Bertz CT molecular complexity index is 413. The van der Waals surface area contributed by atoms with E-state index in [-0.39, 0.29) is 5.56 Å². The number of aromatic amines is 1. The van der Waals surface area contributed by atoms with E-state index in [1.54, 1.807) is 0 Å². The second kappa shape index (κ2) is 2.73. The van der Waals surface area contributed by atoms with Crippen molar-refractivity contribution < 1.29 is 0 Å². The molecule has 0 saturated heterocycles. The Balaban J connectivity index is 2.10. The molecule has 1 aliphatic heterocycles. The third-order valence-corrected chi connectivity index (χ3v) is 3.21. The number of nitrogens with one attached hydrogen (secondary N) is 1. The number of aromatic nitrogens is 2. The topological polar surface area (TPSA) is 41.0 Å². The predicted molar refractivity (Wildman–Crippen MR) is 53.4 cm³/mol. The van der Waals surface area contributed by atoms with Crippen LogP contribution in [0.5, 0.6) is 0 Å². The van der Waals surface area contributed by atoms with Crippen LogP contribution in [0.25, 0.3) is 0 Å². The Morgan fingerprint density at radius 2 is 2.21 bits per heavy atom. The summed E-state index contributed by atoms with van der Waals surface area (Å²) in [5.74, 6) is 0. The van der Waals surface area contributed by atoms with Gasteiger partial charge in [0.25, 0.3) is 5.56 Å². The van der Waals surface area contributed by atoms with Gasteiger partial charge in [0.1, 0.15) is 0 Å². The Morgan fingerprint density at radius 1 is 1.43 bits per heavy atom. The van der Waals surface area contributed by atoms with Crippen molar-refractivity contribution in [1.29, 1.82) is 0 Å². The standard InChI is InChI=1S/C10H15N3O/c1-12-5-4-8-9(6-12)13(7-2-3-7)11-10(8)14/h7H,2-6H2,1H3,(H,11,14). The molecule has 0 unspecified atom stereocenters. The average molecular weight is 193 g/mol. The third kappa shape index (κ3) is 1.14. The number of likely N-dealkylation sites (N-methyl/N-ethyl adjacent to an activating group) is 1. The van der Waals surface area contributed by atoms with Crippen LogP contribution in [-0.4, -0.2) is 28.3 Å². The summed E-state index contributed by atoms with van der Waals surface area (Å²) in [7, 11) is 2.11. The van der Waals surface area contributed by atoms with E-state index in [2.05, 4.69) is 21.7 Å². The van der Waals surface area contributed by atoms with Crippen molar-refractivity contribution in [3.05, 3.63) is 21.6 Å². The Kier molecular flexibility index (Phi) is 1.62. The van der Waals surface area contributed by atoms with E-state index in [1.807, 2.05) is 0 Å². The third-order valence-electron chi connectivity index (χ3n) is 3.21. The summed E-state index contributed by atoms with van der Waals surface area (Å²) in [5, 5.41) is 2.97. The van der Waals surface area contributed by atoms with E-state index < -0.39 is 0 Å². The smallest absolute Gasteiger partial charge is 0.267 e. The van der Waals surface area contributed by atoms with Crippen molar-refractivity contribution >= 4 is 0 Å². The summed E-state index contributed by atoms with van der Waals surface area (Å²) in [6, 6.07) is 0.581. The molecule has 1 fully saturated rings. The average Bonchev–Trinajstić information content (AvgIpc) is 2.93. The molecular weight excluding hydrogens is 178 g/mol. The molecule has 0 amide bonds. The van der Waals surface area contributed by atoms with Gasteiger partial charge >= 0.3 is 0 Å². The molecule has 0 radical (unpaired) electrons. The first-order valence-corrected chi connectivity index (χ1v) is 5.26. The number of H-pyrrole nitrogens is 1. The van der Waals surface area contributed by atoms with Gasteiger partial charge in [-0.15, -0.1) is 0 Å². The van der Waals surface area contributed by atoms with Crippen molar-refractivity contribution in [3.63, 3.8) is 0 Å². The highest BCUT2D eigenvalue weighted by Crippen LogP contribution is 2.36. The largest absolute Gasteiger partial charge is 0.300 e. The molecule has 3 rings (SSSR count). The Hall–Kier alpha value is -1.03. The zero-order valence-electron chi connectivity index (χ0n) is 8.42. The van der Waals surface area contributed by atoms with E-state index in [1.165, 1.54) is 18.5 Å². The number of hydrogen-bond acceptors (Lipinski definition) is 2. The van der Waals surface area contributed by atoms with Gasteiger partial charge in [-0.1, -0.05) is 0 Å². The van der Waals surface area contributed by atoms with Crippen molar-refractivity contribution in [2.45, 2.75) is 31.8 Å². The first-order chi connectivity index (χ1) is 6.75. The highest BCUT2D eigenvalue weighted by Gasteiger charge is 2.30. The fourth-order valence-electron chi connectivity index (χ4n) is 2.23. The van der Waals surface area contributed by atoms with Crippen LogP contribution < -0.4 is 5.56 Å². The molecule has 1 N–H and O–H groups in total. The second-order valence-electron chi connectivity index (χ2n) is 4.46. The van der Waals surface area contributed by atoms with Gasteiger partial charge in [-0.05, 0) is 26.3 Å². The van der Waals surface area contributed by atoms with Gasteiger partial charge in [-0.25, -0.2) is 0 Å². The zero-order chi connectivity index (χ0) is 9.71. The monoisotopic (exact) mass is 193 g/mol. The maximum atomic E-state index is 11.6. The van der Waals surface area contributed by atoms with Gasteiger partial charge in [0.15, 0.2) is 0 Å². The lowest BCUT2D eigenvalue weighted by molar-refractivity contribution is 0.300. The molecule has 1 saturated carbocycles. The van der Waals surface area contributed by atoms with Crippen LogP contribution in [0.4, 0.5) is 0 Å². The summed E-state index contributed by atoms with van der Waals surface area (Å²) < 4.78 is 2.10. The minimum atomic E-state index is 0.139. The molecule has 2 heterocycles. The lowest BCUT2D eigenvalue weighted by Gasteiger charge is -2.23. The first-order valence-electron chi connectivity index (χ1n) is 5.26. The summed E-state index contributed by atoms with van der Waals surface area (Å²) >= 11 is 0. The van der Waals surface area contributed by atoms with Gasteiger partial charge in [-0.3, -0.25) is 14.6 Å². The van der Waals surface area contributed by atoms with Gasteiger partial charge < -0.3 is 4.90 Å². The van der Waals surface area contributed by atoms with Crippen LogP contribution in [0, 0.1) is 0 Å². The SMILES string of the molecule is CN1CCc2c(n(C3CC3)[nH]c2=O)C1. The highest BCUT2D eigenvalue weighted by molar-refractivity contribution is 5.22. The fraction of sp³-hybridized carbons (Fsp3) is 0.700. The van der Waals surface area contributed by atoms with Crippen molar-refractivity contribution in [2.75, 3.05) is 13.6 Å². The molecule has 4 heteroatoms. The van der Waals surface area contributed by atoms with Crippen LogP contribution in [-0.2, 0) is 13.0 Å². The molecule has 0 bridgehead atoms. The Morgan fingerprint density at radius 3 is 2.93 bits per heavy atom. The molecule has 0 aromatic carbocycles. The highest BCUT2D eigenvalue weighted by atomic mass is 16.1. The van der Waals surface area contributed by atoms with E-state index in [4.69, 9.17) is 0 Å². The molecule has 0 spiro atoms. The molecule has 76 valence electrons. The summed E-state index contributed by atoms with van der Waals surface area (Å²) in [6.45, 7) is 1.93. The molecule has 2 aliphatic rings. The van der Waals surface area contributed by atoms with E-state index in [0.717, 1.165) is 25.1 Å². The van der Waals surface area contributed by atoms with Gasteiger partial charge in [-0.2, -0.15) is 0 Å². The molecule has 1 aromatic heterocycles. The van der Waals surface area contributed by atoms with Crippen molar-refractivity contribution in [2.24, 2.45) is 0 Å². The van der Waals surface area contributed by atoms with E-state index >= 15 is 0 Å². The quantitative estimate of drug-likeness (QED) is 0.705. The second-order valence-corrected chi connectivity index (χ2v) is 4.46. The number of fused-ring (bicyclic) bond motifs is 1. The van der Waals surface area contributed by atoms with Crippen molar-refractivity contribution in [1.82, 2.24) is 14.7 Å². The van der Waals surface area contributed by atoms with Crippen LogP contribution in [0.1, 0.15) is 30.1 Å². The van der Waals surface area contributed by atoms with Crippen LogP contribution in [0.15, 0.2) is 4.79 Å². The normalized spacial score (nSPS) is 22.4. The van der Waals surface area contributed by atoms with Gasteiger partial charge in [0.05, 0.1) is 11.7 Å². The molecular formula is C10H15N3O. The van der Waals surface area contributed by atoms with Crippen LogP contribution in [0.2, 0.25) is 0 Å². The maximum Gasteiger partial charge on any atom is 0.267 e. The lowest BCUT2D eigenvalue weighted by Crippen LogP contribution is -2.29. The van der Waals surface area contributed by atoms with E-state index in [0.29, 0.717) is 6.04 Å². The van der Waals surface area contributed by atoms with Gasteiger partial charge in [0, 0.05) is 18.7 Å². The van der Waals surface area contributed by atoms with E-state index in [9.17, 15) is 4.79 Å². The maximum absolute atomic E-state index is 11.6. The minimum absolute atomic E-state index is 0.139. The lowest BCUT2D eigenvalue weighted by atomic mass is 10.1. The molecule has 4 nitrogen and oxygen atoms in total. The number of nitrogens with zero attached hydrogens (tertiary/aromatic N) is 2. The first kappa shape index (κ1) is 8.29. The zero-order valence-corrected chi connectivity index (χ0v) is 8.42. The Labute approximate surface area is 82.5 Å².